The Bertz CT molecular complexity index is 899. The molecule has 1 aliphatic heterocycles. The van der Waals surface area contributed by atoms with E-state index in [-0.39, 0.29) is 11.8 Å². The molecule has 0 spiro atoms. The summed E-state index contributed by atoms with van der Waals surface area (Å²) in [5, 5.41) is 11.1. The number of hydrogen-bond acceptors (Lipinski definition) is 5. The van der Waals surface area contributed by atoms with Crippen LogP contribution in [-0.2, 0) is 0 Å². The molecule has 27 heavy (non-hydrogen) atoms. The van der Waals surface area contributed by atoms with E-state index in [1.165, 1.54) is 0 Å². The summed E-state index contributed by atoms with van der Waals surface area (Å²) < 4.78 is 5.26. The minimum absolute atomic E-state index is 0.0572. The molecule has 0 unspecified atom stereocenters. The van der Waals surface area contributed by atoms with Crippen LogP contribution in [0.15, 0.2) is 41.1 Å². The fourth-order valence-corrected chi connectivity index (χ4v) is 3.44. The standard InChI is InChI=1S/C20H23N5O2/c1-13(2)19-22-18(24-27-19)14-5-7-15(8-6-14)20(26)25-11-3-4-16(12-25)17-9-10-21-23-17/h5-10,13,16H,3-4,11-12H2,1-2H3,(H,21,23)/t16-/m0/s1. The van der Waals surface area contributed by atoms with Crippen molar-refractivity contribution in [2.75, 3.05) is 13.1 Å². The smallest absolute Gasteiger partial charge is 0.253 e. The molecule has 0 aliphatic carbocycles. The molecule has 3 heterocycles. The maximum atomic E-state index is 12.9. The third-order valence-corrected chi connectivity index (χ3v) is 5.00. The van der Waals surface area contributed by atoms with Crippen LogP contribution in [0, 0.1) is 0 Å². The molecular weight excluding hydrogens is 342 g/mol. The van der Waals surface area contributed by atoms with Crippen LogP contribution in [-0.4, -0.2) is 44.2 Å². The predicted octanol–water partition coefficient (Wildman–Crippen LogP) is 3.60. The van der Waals surface area contributed by atoms with E-state index in [1.54, 1.807) is 6.20 Å². The summed E-state index contributed by atoms with van der Waals surface area (Å²) >= 11 is 0. The van der Waals surface area contributed by atoms with E-state index in [2.05, 4.69) is 20.3 Å². The van der Waals surface area contributed by atoms with Crippen LogP contribution in [0.1, 0.15) is 60.5 Å². The molecule has 1 aliphatic rings. The van der Waals surface area contributed by atoms with Crippen molar-refractivity contribution in [1.29, 1.82) is 0 Å². The number of carbonyl (C=O) groups is 1. The van der Waals surface area contributed by atoms with E-state index in [4.69, 9.17) is 4.52 Å². The van der Waals surface area contributed by atoms with Gasteiger partial charge in [-0.1, -0.05) is 31.1 Å². The number of hydrogen-bond donors (Lipinski definition) is 1. The summed E-state index contributed by atoms with van der Waals surface area (Å²) in [4.78, 5) is 19.2. The highest BCUT2D eigenvalue weighted by molar-refractivity contribution is 5.94. The number of carbonyl (C=O) groups excluding carboxylic acids is 1. The number of amides is 1. The number of rotatable bonds is 4. The summed E-state index contributed by atoms with van der Waals surface area (Å²) in [5.41, 5.74) is 2.62. The monoisotopic (exact) mass is 365 g/mol. The maximum absolute atomic E-state index is 12.9. The molecule has 1 amide bonds. The van der Waals surface area contributed by atoms with E-state index < -0.39 is 0 Å². The van der Waals surface area contributed by atoms with Crippen molar-refractivity contribution in [3.05, 3.63) is 53.7 Å². The van der Waals surface area contributed by atoms with Crippen molar-refractivity contribution in [2.45, 2.75) is 38.5 Å². The summed E-state index contributed by atoms with van der Waals surface area (Å²) in [6.07, 6.45) is 3.83. The van der Waals surface area contributed by atoms with Crippen LogP contribution in [0.4, 0.5) is 0 Å². The van der Waals surface area contributed by atoms with Crippen LogP contribution in [0.3, 0.4) is 0 Å². The van der Waals surface area contributed by atoms with Gasteiger partial charge in [-0.15, -0.1) is 0 Å². The Morgan fingerprint density at radius 1 is 1.26 bits per heavy atom. The summed E-state index contributed by atoms with van der Waals surface area (Å²) in [5.74, 6) is 1.73. The summed E-state index contributed by atoms with van der Waals surface area (Å²) in [6.45, 7) is 5.52. The van der Waals surface area contributed by atoms with Gasteiger partial charge in [-0.3, -0.25) is 9.89 Å². The molecule has 1 N–H and O–H groups in total. The number of nitrogens with zero attached hydrogens (tertiary/aromatic N) is 4. The molecule has 4 rings (SSSR count). The molecule has 2 aromatic heterocycles. The van der Waals surface area contributed by atoms with E-state index >= 15 is 0 Å². The second-order valence-electron chi connectivity index (χ2n) is 7.29. The highest BCUT2D eigenvalue weighted by Crippen LogP contribution is 2.27. The van der Waals surface area contributed by atoms with Crippen LogP contribution in [0.25, 0.3) is 11.4 Å². The van der Waals surface area contributed by atoms with Gasteiger partial charge in [-0.05, 0) is 31.0 Å². The fourth-order valence-electron chi connectivity index (χ4n) is 3.44. The number of aromatic amines is 1. The number of aromatic nitrogens is 4. The van der Waals surface area contributed by atoms with Crippen LogP contribution < -0.4 is 0 Å². The Balaban J connectivity index is 1.47. The van der Waals surface area contributed by atoms with Gasteiger partial charge in [0, 0.05) is 47.9 Å². The lowest BCUT2D eigenvalue weighted by molar-refractivity contribution is 0.0706. The van der Waals surface area contributed by atoms with Crippen molar-refractivity contribution >= 4 is 5.91 Å². The predicted molar refractivity (Wildman–Crippen MR) is 100 cm³/mol. The van der Waals surface area contributed by atoms with E-state index in [1.807, 2.05) is 49.1 Å². The Kier molecular flexibility index (Phi) is 4.75. The zero-order valence-electron chi connectivity index (χ0n) is 15.6. The number of benzene rings is 1. The van der Waals surface area contributed by atoms with Crippen molar-refractivity contribution in [3.63, 3.8) is 0 Å². The number of nitrogens with one attached hydrogen (secondary N) is 1. The molecule has 3 aromatic rings. The minimum atomic E-state index is 0.0572. The lowest BCUT2D eigenvalue weighted by Crippen LogP contribution is -2.39. The van der Waals surface area contributed by atoms with Gasteiger partial charge < -0.3 is 9.42 Å². The zero-order valence-corrected chi connectivity index (χ0v) is 15.6. The van der Waals surface area contributed by atoms with E-state index in [9.17, 15) is 4.79 Å². The molecule has 7 nitrogen and oxygen atoms in total. The van der Waals surface area contributed by atoms with Gasteiger partial charge in [-0.2, -0.15) is 10.1 Å². The van der Waals surface area contributed by atoms with Crippen LogP contribution in [0.5, 0.6) is 0 Å². The summed E-state index contributed by atoms with van der Waals surface area (Å²) in [7, 11) is 0. The largest absolute Gasteiger partial charge is 0.339 e. The molecule has 7 heteroatoms. The molecule has 0 radical (unpaired) electrons. The average molecular weight is 365 g/mol. The zero-order chi connectivity index (χ0) is 18.8. The quantitative estimate of drug-likeness (QED) is 0.763. The van der Waals surface area contributed by atoms with Gasteiger partial charge in [0.2, 0.25) is 11.7 Å². The first-order chi connectivity index (χ1) is 13.1. The molecule has 1 fully saturated rings. The SMILES string of the molecule is CC(C)c1nc(-c2ccc(C(=O)N3CCC[C@H](c4ccn[nH]4)C3)cc2)no1. The third kappa shape index (κ3) is 3.63. The van der Waals surface area contributed by atoms with E-state index in [0.717, 1.165) is 30.6 Å². The van der Waals surface area contributed by atoms with E-state index in [0.29, 0.717) is 29.7 Å². The van der Waals surface area contributed by atoms with Crippen molar-refractivity contribution in [2.24, 2.45) is 0 Å². The summed E-state index contributed by atoms with van der Waals surface area (Å²) in [6, 6.07) is 9.41. The Morgan fingerprint density at radius 3 is 2.74 bits per heavy atom. The Hall–Kier alpha value is -2.96. The van der Waals surface area contributed by atoms with Crippen LogP contribution in [0.2, 0.25) is 0 Å². The van der Waals surface area contributed by atoms with Gasteiger partial charge >= 0.3 is 0 Å². The van der Waals surface area contributed by atoms with Crippen molar-refractivity contribution in [1.82, 2.24) is 25.2 Å². The molecule has 0 bridgehead atoms. The molecule has 0 saturated carbocycles. The lowest BCUT2D eigenvalue weighted by Gasteiger charge is -2.32. The Labute approximate surface area is 157 Å². The average Bonchev–Trinajstić information content (AvgIpc) is 3.40. The van der Waals surface area contributed by atoms with Gasteiger partial charge in [0.25, 0.3) is 5.91 Å². The van der Waals surface area contributed by atoms with Crippen LogP contribution >= 0.6 is 0 Å². The molecule has 1 aromatic carbocycles. The first kappa shape index (κ1) is 17.5. The topological polar surface area (TPSA) is 87.9 Å². The number of likely N-dealkylation sites (tertiary alicyclic amines) is 1. The normalized spacial score (nSPS) is 17.4. The van der Waals surface area contributed by atoms with Crippen molar-refractivity contribution in [3.8, 4) is 11.4 Å². The highest BCUT2D eigenvalue weighted by atomic mass is 16.5. The van der Waals surface area contributed by atoms with Gasteiger partial charge in [0.15, 0.2) is 0 Å². The number of H-pyrrole nitrogens is 1. The van der Waals surface area contributed by atoms with Gasteiger partial charge in [0.1, 0.15) is 0 Å². The molecule has 140 valence electrons. The molecular formula is C20H23N5O2. The van der Waals surface area contributed by atoms with Gasteiger partial charge in [-0.25, -0.2) is 0 Å². The van der Waals surface area contributed by atoms with Crippen molar-refractivity contribution < 1.29 is 9.32 Å². The Morgan fingerprint density at radius 2 is 2.07 bits per heavy atom. The van der Waals surface area contributed by atoms with Gasteiger partial charge in [0.05, 0.1) is 0 Å². The molecule has 1 atom stereocenters. The maximum Gasteiger partial charge on any atom is 0.253 e. The minimum Gasteiger partial charge on any atom is -0.339 e. The second-order valence-corrected chi connectivity index (χ2v) is 7.29. The first-order valence-corrected chi connectivity index (χ1v) is 9.34. The third-order valence-electron chi connectivity index (χ3n) is 5.00. The molecule has 1 saturated heterocycles. The number of piperidine rings is 1. The lowest BCUT2D eigenvalue weighted by atomic mass is 9.94. The second kappa shape index (κ2) is 7.34. The highest BCUT2D eigenvalue weighted by Gasteiger charge is 2.26. The first-order valence-electron chi connectivity index (χ1n) is 9.34. The fraction of sp³-hybridized carbons (Fsp3) is 0.400.